The Kier molecular flexibility index (Phi) is 3.87. The van der Waals surface area contributed by atoms with Gasteiger partial charge in [-0.1, -0.05) is 17.8 Å². The van der Waals surface area contributed by atoms with Crippen molar-refractivity contribution in [2.75, 3.05) is 5.43 Å². The van der Waals surface area contributed by atoms with Gasteiger partial charge >= 0.3 is 0 Å². The molecule has 0 saturated heterocycles. The molecule has 5 heteroatoms. The first-order valence-electron chi connectivity index (χ1n) is 7.18. The SMILES string of the molecule is Cc1ccc(Sc2nc(C3CC3)nc(NN)c2C)cc1C. The summed E-state index contributed by atoms with van der Waals surface area (Å²) >= 11 is 1.68. The van der Waals surface area contributed by atoms with Gasteiger partial charge in [0.05, 0.1) is 0 Å². The highest BCUT2D eigenvalue weighted by atomic mass is 32.2. The zero-order valence-electron chi connectivity index (χ0n) is 12.6. The first-order valence-corrected chi connectivity index (χ1v) is 8.00. The molecule has 0 aliphatic heterocycles. The number of nitrogens with zero attached hydrogens (tertiary/aromatic N) is 2. The topological polar surface area (TPSA) is 63.8 Å². The van der Waals surface area contributed by atoms with Crippen LogP contribution in [0.15, 0.2) is 28.1 Å². The lowest BCUT2D eigenvalue weighted by atomic mass is 10.1. The third-order valence-electron chi connectivity index (χ3n) is 3.89. The van der Waals surface area contributed by atoms with Crippen molar-refractivity contribution in [2.24, 2.45) is 5.84 Å². The number of rotatable bonds is 4. The van der Waals surface area contributed by atoms with Gasteiger partial charge in [-0.15, -0.1) is 0 Å². The van der Waals surface area contributed by atoms with Crippen molar-refractivity contribution in [1.82, 2.24) is 9.97 Å². The molecule has 0 bridgehead atoms. The predicted molar refractivity (Wildman–Crippen MR) is 86.6 cm³/mol. The highest BCUT2D eigenvalue weighted by Crippen LogP contribution is 2.40. The van der Waals surface area contributed by atoms with Gasteiger partial charge in [0.25, 0.3) is 0 Å². The molecule has 1 heterocycles. The van der Waals surface area contributed by atoms with E-state index in [0.717, 1.165) is 22.2 Å². The number of hydrogen-bond donors (Lipinski definition) is 2. The quantitative estimate of drug-likeness (QED) is 0.512. The van der Waals surface area contributed by atoms with E-state index in [2.05, 4.69) is 42.5 Å². The Hall–Kier alpha value is -1.59. The minimum absolute atomic E-state index is 0.511. The molecular weight excluding hydrogens is 280 g/mol. The third kappa shape index (κ3) is 3.04. The second-order valence-electron chi connectivity index (χ2n) is 5.63. The van der Waals surface area contributed by atoms with Crippen LogP contribution in [0.2, 0.25) is 0 Å². The van der Waals surface area contributed by atoms with Crippen LogP contribution in [-0.4, -0.2) is 9.97 Å². The molecule has 110 valence electrons. The number of nitrogens with two attached hydrogens (primary N) is 1. The van der Waals surface area contributed by atoms with E-state index in [1.54, 1.807) is 11.8 Å². The normalized spacial score (nSPS) is 14.3. The van der Waals surface area contributed by atoms with Gasteiger partial charge in [-0.25, -0.2) is 15.8 Å². The van der Waals surface area contributed by atoms with Gasteiger partial charge in [-0.2, -0.15) is 0 Å². The lowest BCUT2D eigenvalue weighted by molar-refractivity contribution is 0.862. The molecule has 0 amide bonds. The lowest BCUT2D eigenvalue weighted by Crippen LogP contribution is -2.13. The number of hydrazine groups is 1. The zero-order valence-corrected chi connectivity index (χ0v) is 13.4. The third-order valence-corrected chi connectivity index (χ3v) is 4.97. The molecular formula is C16H20N4S. The number of anilines is 1. The van der Waals surface area contributed by atoms with Crippen LogP contribution in [0.5, 0.6) is 0 Å². The second kappa shape index (κ2) is 5.66. The van der Waals surface area contributed by atoms with Gasteiger partial charge in [0.2, 0.25) is 0 Å². The van der Waals surface area contributed by atoms with Crippen molar-refractivity contribution in [3.8, 4) is 0 Å². The minimum atomic E-state index is 0.511. The van der Waals surface area contributed by atoms with Gasteiger partial charge < -0.3 is 5.43 Å². The highest BCUT2D eigenvalue weighted by Gasteiger charge is 2.28. The van der Waals surface area contributed by atoms with Crippen LogP contribution in [0.4, 0.5) is 5.82 Å². The van der Waals surface area contributed by atoms with Crippen LogP contribution in [0, 0.1) is 20.8 Å². The summed E-state index contributed by atoms with van der Waals surface area (Å²) in [5.41, 5.74) is 6.31. The molecule has 21 heavy (non-hydrogen) atoms. The first kappa shape index (κ1) is 14.4. The first-order chi connectivity index (χ1) is 10.1. The minimum Gasteiger partial charge on any atom is -0.308 e. The van der Waals surface area contributed by atoms with E-state index in [-0.39, 0.29) is 0 Å². The van der Waals surface area contributed by atoms with Crippen LogP contribution in [0.25, 0.3) is 0 Å². The summed E-state index contributed by atoms with van der Waals surface area (Å²) in [5, 5.41) is 0.989. The Morgan fingerprint density at radius 1 is 1.14 bits per heavy atom. The van der Waals surface area contributed by atoms with Crippen molar-refractivity contribution in [1.29, 1.82) is 0 Å². The van der Waals surface area contributed by atoms with E-state index in [4.69, 9.17) is 10.8 Å². The number of nitrogens with one attached hydrogen (secondary N) is 1. The van der Waals surface area contributed by atoms with Crippen LogP contribution < -0.4 is 11.3 Å². The Morgan fingerprint density at radius 3 is 2.52 bits per heavy atom. The molecule has 2 aromatic rings. The maximum atomic E-state index is 5.60. The molecule has 0 spiro atoms. The molecule has 1 fully saturated rings. The largest absolute Gasteiger partial charge is 0.308 e. The second-order valence-corrected chi connectivity index (χ2v) is 6.69. The summed E-state index contributed by atoms with van der Waals surface area (Å²) in [6, 6.07) is 6.49. The van der Waals surface area contributed by atoms with Crippen LogP contribution in [0.3, 0.4) is 0 Å². The van der Waals surface area contributed by atoms with Gasteiger partial charge in [0.15, 0.2) is 0 Å². The van der Waals surface area contributed by atoms with E-state index < -0.39 is 0 Å². The summed E-state index contributed by atoms with van der Waals surface area (Å²) in [6.07, 6.45) is 2.36. The van der Waals surface area contributed by atoms with E-state index >= 15 is 0 Å². The summed E-state index contributed by atoms with van der Waals surface area (Å²) in [6.45, 7) is 6.27. The van der Waals surface area contributed by atoms with E-state index in [1.807, 2.05) is 6.92 Å². The predicted octanol–water partition coefficient (Wildman–Crippen LogP) is 3.72. The molecule has 0 radical (unpaired) electrons. The molecule has 0 atom stereocenters. The molecule has 1 aliphatic carbocycles. The summed E-state index contributed by atoms with van der Waals surface area (Å²) in [5.74, 6) is 7.76. The zero-order chi connectivity index (χ0) is 15.0. The standard InChI is InChI=1S/C16H20N4S/c1-9-4-7-13(8-10(9)2)21-16-11(3)14(20-17)18-15(19-16)12-5-6-12/h4,7-8,12H,5-6,17H2,1-3H3,(H,18,19,20). The van der Waals surface area contributed by atoms with Crippen LogP contribution in [-0.2, 0) is 0 Å². The maximum absolute atomic E-state index is 5.60. The van der Waals surface area contributed by atoms with Crippen molar-refractivity contribution < 1.29 is 0 Å². The van der Waals surface area contributed by atoms with Gasteiger partial charge in [-0.05, 0) is 56.9 Å². The van der Waals surface area contributed by atoms with Gasteiger partial charge in [-0.3, -0.25) is 0 Å². The molecule has 3 rings (SSSR count). The van der Waals surface area contributed by atoms with Crippen LogP contribution >= 0.6 is 11.8 Å². The Morgan fingerprint density at radius 2 is 1.90 bits per heavy atom. The van der Waals surface area contributed by atoms with Crippen LogP contribution in [0.1, 0.15) is 41.3 Å². The Labute approximate surface area is 129 Å². The van der Waals surface area contributed by atoms with Gasteiger partial charge in [0.1, 0.15) is 16.7 Å². The highest BCUT2D eigenvalue weighted by molar-refractivity contribution is 7.99. The molecule has 1 aliphatic rings. The van der Waals surface area contributed by atoms with E-state index in [0.29, 0.717) is 5.92 Å². The molecule has 1 aromatic carbocycles. The summed E-state index contributed by atoms with van der Waals surface area (Å²) < 4.78 is 0. The molecule has 0 unspecified atom stereocenters. The Balaban J connectivity index is 1.96. The fraction of sp³-hybridized carbons (Fsp3) is 0.375. The molecule has 4 nitrogen and oxygen atoms in total. The molecule has 1 aromatic heterocycles. The van der Waals surface area contributed by atoms with Crippen molar-refractivity contribution in [3.63, 3.8) is 0 Å². The summed E-state index contributed by atoms with van der Waals surface area (Å²) in [7, 11) is 0. The fourth-order valence-electron chi connectivity index (χ4n) is 2.17. The number of hydrogen-bond acceptors (Lipinski definition) is 5. The average molecular weight is 300 g/mol. The number of benzene rings is 1. The number of nitrogen functional groups attached to an aromatic ring is 1. The van der Waals surface area contributed by atoms with E-state index in [9.17, 15) is 0 Å². The van der Waals surface area contributed by atoms with Gasteiger partial charge in [0, 0.05) is 16.4 Å². The monoisotopic (exact) mass is 300 g/mol. The fourth-order valence-corrected chi connectivity index (χ4v) is 3.15. The van der Waals surface area contributed by atoms with Crippen molar-refractivity contribution in [2.45, 2.75) is 49.5 Å². The lowest BCUT2D eigenvalue weighted by Gasteiger charge is -2.12. The van der Waals surface area contributed by atoms with Crippen molar-refractivity contribution >= 4 is 17.6 Å². The summed E-state index contributed by atoms with van der Waals surface area (Å²) in [4.78, 5) is 10.5. The smallest absolute Gasteiger partial charge is 0.147 e. The molecule has 1 saturated carbocycles. The average Bonchev–Trinajstić information content (AvgIpc) is 3.29. The molecule has 3 N–H and O–H groups in total. The van der Waals surface area contributed by atoms with E-state index in [1.165, 1.54) is 28.9 Å². The number of aryl methyl sites for hydroxylation is 2. The maximum Gasteiger partial charge on any atom is 0.147 e. The number of aromatic nitrogens is 2. The Bertz CT molecular complexity index is 680. The van der Waals surface area contributed by atoms with Crippen molar-refractivity contribution in [3.05, 3.63) is 40.7 Å².